The fourth-order valence-electron chi connectivity index (χ4n) is 0.282. The SMILES string of the molecule is C#C[C@H](N)[C@H](C)OC.Cl. The molecule has 2 N–H and O–H groups in total. The number of hydrogen-bond donors (Lipinski definition) is 1. The zero-order valence-electron chi connectivity index (χ0n) is 5.63. The van der Waals surface area contributed by atoms with Crippen molar-refractivity contribution in [2.24, 2.45) is 5.73 Å². The zero-order valence-corrected chi connectivity index (χ0v) is 6.44. The van der Waals surface area contributed by atoms with Gasteiger partial charge in [0.2, 0.25) is 0 Å². The minimum Gasteiger partial charge on any atom is -0.379 e. The van der Waals surface area contributed by atoms with E-state index in [9.17, 15) is 0 Å². The Hall–Kier alpha value is -0.230. The lowest BCUT2D eigenvalue weighted by Gasteiger charge is -2.10. The maximum absolute atomic E-state index is 5.37. The predicted molar refractivity (Wildman–Crippen MR) is 40.5 cm³/mol. The first-order valence-electron chi connectivity index (χ1n) is 2.47. The fourth-order valence-corrected chi connectivity index (χ4v) is 0.282. The van der Waals surface area contributed by atoms with Crippen molar-refractivity contribution >= 4 is 12.4 Å². The van der Waals surface area contributed by atoms with Crippen LogP contribution in [0.5, 0.6) is 0 Å². The molecule has 0 rings (SSSR count). The van der Waals surface area contributed by atoms with Gasteiger partial charge in [-0.3, -0.25) is 0 Å². The van der Waals surface area contributed by atoms with E-state index in [4.69, 9.17) is 16.9 Å². The Balaban J connectivity index is 0. The van der Waals surface area contributed by atoms with E-state index in [1.165, 1.54) is 0 Å². The molecule has 0 aliphatic carbocycles. The highest BCUT2D eigenvalue weighted by molar-refractivity contribution is 5.85. The van der Waals surface area contributed by atoms with Gasteiger partial charge in [0.25, 0.3) is 0 Å². The summed E-state index contributed by atoms with van der Waals surface area (Å²) in [5.41, 5.74) is 5.37. The summed E-state index contributed by atoms with van der Waals surface area (Å²) >= 11 is 0. The van der Waals surface area contributed by atoms with E-state index >= 15 is 0 Å². The second-order valence-corrected chi connectivity index (χ2v) is 1.63. The third kappa shape index (κ3) is 4.28. The molecule has 2 atom stereocenters. The van der Waals surface area contributed by atoms with Crippen molar-refractivity contribution in [3.8, 4) is 12.3 Å². The molecule has 0 amide bonds. The zero-order chi connectivity index (χ0) is 6.57. The Morgan fingerprint density at radius 3 is 2.22 bits per heavy atom. The molecule has 0 bridgehead atoms. The van der Waals surface area contributed by atoms with Crippen LogP contribution in [0.4, 0.5) is 0 Å². The third-order valence-electron chi connectivity index (χ3n) is 1.07. The summed E-state index contributed by atoms with van der Waals surface area (Å²) in [5.74, 6) is 2.37. The molecular weight excluding hydrogens is 138 g/mol. The molecule has 0 saturated heterocycles. The first kappa shape index (κ1) is 11.6. The number of methoxy groups -OCH3 is 1. The predicted octanol–water partition coefficient (Wildman–Crippen LogP) is 0.404. The smallest absolute Gasteiger partial charge is 0.0924 e. The minimum absolute atomic E-state index is 0. The van der Waals surface area contributed by atoms with Crippen LogP contribution in [0.1, 0.15) is 6.92 Å². The lowest BCUT2D eigenvalue weighted by atomic mass is 10.2. The molecule has 3 heteroatoms. The molecule has 0 aliphatic rings. The monoisotopic (exact) mass is 149 g/mol. The number of terminal acetylenes is 1. The standard InChI is InChI=1S/C6H11NO.ClH/c1-4-6(7)5(2)8-3;/h1,5-6H,7H2,2-3H3;1H/t5-,6-;/m0./s1. The molecule has 0 aromatic heterocycles. The van der Waals surface area contributed by atoms with Crippen LogP contribution in [0.15, 0.2) is 0 Å². The van der Waals surface area contributed by atoms with Gasteiger partial charge in [-0.1, -0.05) is 5.92 Å². The molecular formula is C6H12ClNO. The van der Waals surface area contributed by atoms with Gasteiger partial charge in [-0.25, -0.2) is 0 Å². The topological polar surface area (TPSA) is 35.2 Å². The highest BCUT2D eigenvalue weighted by atomic mass is 35.5. The maximum Gasteiger partial charge on any atom is 0.0924 e. The summed E-state index contributed by atoms with van der Waals surface area (Å²) in [6.45, 7) is 1.84. The Labute approximate surface area is 62.2 Å². The van der Waals surface area contributed by atoms with Gasteiger partial charge in [0.15, 0.2) is 0 Å². The van der Waals surface area contributed by atoms with Crippen molar-refractivity contribution in [3.05, 3.63) is 0 Å². The van der Waals surface area contributed by atoms with Gasteiger partial charge in [-0.2, -0.15) is 0 Å². The molecule has 0 fully saturated rings. The number of hydrogen-bond acceptors (Lipinski definition) is 2. The van der Waals surface area contributed by atoms with Crippen molar-refractivity contribution in [1.29, 1.82) is 0 Å². The Bertz CT molecular complexity index is 99.7. The average molecular weight is 150 g/mol. The van der Waals surface area contributed by atoms with Gasteiger partial charge in [0.1, 0.15) is 0 Å². The fraction of sp³-hybridized carbons (Fsp3) is 0.667. The van der Waals surface area contributed by atoms with Crippen molar-refractivity contribution < 1.29 is 4.74 Å². The lowest BCUT2D eigenvalue weighted by Crippen LogP contribution is -2.31. The second-order valence-electron chi connectivity index (χ2n) is 1.63. The summed E-state index contributed by atoms with van der Waals surface area (Å²) in [6.07, 6.45) is 4.95. The van der Waals surface area contributed by atoms with Crippen molar-refractivity contribution in [2.75, 3.05) is 7.11 Å². The van der Waals surface area contributed by atoms with Gasteiger partial charge in [-0.05, 0) is 6.92 Å². The van der Waals surface area contributed by atoms with E-state index in [-0.39, 0.29) is 24.6 Å². The van der Waals surface area contributed by atoms with Crippen molar-refractivity contribution in [1.82, 2.24) is 0 Å². The quantitative estimate of drug-likeness (QED) is 0.577. The van der Waals surface area contributed by atoms with E-state index in [1.54, 1.807) is 7.11 Å². The van der Waals surface area contributed by atoms with Gasteiger partial charge >= 0.3 is 0 Å². The summed E-state index contributed by atoms with van der Waals surface area (Å²) in [6, 6.07) is -0.278. The molecule has 0 saturated carbocycles. The van der Waals surface area contributed by atoms with Crippen LogP contribution in [0, 0.1) is 12.3 Å². The molecule has 0 heterocycles. The largest absolute Gasteiger partial charge is 0.379 e. The van der Waals surface area contributed by atoms with Gasteiger partial charge in [-0.15, -0.1) is 18.8 Å². The minimum atomic E-state index is -0.278. The van der Waals surface area contributed by atoms with Gasteiger partial charge < -0.3 is 10.5 Å². The molecule has 54 valence electrons. The average Bonchev–Trinajstić information content (AvgIpc) is 1.84. The van der Waals surface area contributed by atoms with E-state index in [2.05, 4.69) is 5.92 Å². The van der Waals surface area contributed by atoms with Gasteiger partial charge in [0.05, 0.1) is 12.1 Å². The van der Waals surface area contributed by atoms with Crippen LogP contribution >= 0.6 is 12.4 Å². The third-order valence-corrected chi connectivity index (χ3v) is 1.07. The highest BCUT2D eigenvalue weighted by Crippen LogP contribution is 1.90. The van der Waals surface area contributed by atoms with Crippen LogP contribution in [0.2, 0.25) is 0 Å². The van der Waals surface area contributed by atoms with Crippen LogP contribution in [-0.2, 0) is 4.74 Å². The first-order valence-corrected chi connectivity index (χ1v) is 2.47. The summed E-state index contributed by atoms with van der Waals surface area (Å²) < 4.78 is 4.84. The molecule has 9 heavy (non-hydrogen) atoms. The van der Waals surface area contributed by atoms with Crippen LogP contribution in [0.25, 0.3) is 0 Å². The molecule has 0 radical (unpaired) electrons. The molecule has 0 aromatic carbocycles. The van der Waals surface area contributed by atoms with Gasteiger partial charge in [0, 0.05) is 7.11 Å². The molecule has 0 aliphatic heterocycles. The summed E-state index contributed by atoms with van der Waals surface area (Å²) in [7, 11) is 1.59. The van der Waals surface area contributed by atoms with E-state index in [1.807, 2.05) is 6.92 Å². The molecule has 0 unspecified atom stereocenters. The van der Waals surface area contributed by atoms with Crippen molar-refractivity contribution in [3.63, 3.8) is 0 Å². The normalized spacial score (nSPS) is 14.9. The number of rotatable bonds is 2. The molecule has 0 spiro atoms. The summed E-state index contributed by atoms with van der Waals surface area (Å²) in [5, 5.41) is 0. The van der Waals surface area contributed by atoms with Crippen molar-refractivity contribution in [2.45, 2.75) is 19.1 Å². The number of halogens is 1. The Morgan fingerprint density at radius 2 is 2.11 bits per heavy atom. The highest BCUT2D eigenvalue weighted by Gasteiger charge is 2.05. The van der Waals surface area contributed by atoms with Crippen LogP contribution in [-0.4, -0.2) is 19.3 Å². The van der Waals surface area contributed by atoms with Crippen LogP contribution in [0.3, 0.4) is 0 Å². The first-order chi connectivity index (χ1) is 3.72. The van der Waals surface area contributed by atoms with E-state index < -0.39 is 0 Å². The number of ether oxygens (including phenoxy) is 1. The maximum atomic E-state index is 5.37. The Kier molecular flexibility index (Phi) is 7.57. The molecule has 2 nitrogen and oxygen atoms in total. The van der Waals surface area contributed by atoms with Crippen LogP contribution < -0.4 is 5.73 Å². The van der Waals surface area contributed by atoms with E-state index in [0.29, 0.717) is 0 Å². The second kappa shape index (κ2) is 5.90. The Morgan fingerprint density at radius 1 is 1.67 bits per heavy atom. The lowest BCUT2D eigenvalue weighted by molar-refractivity contribution is 0.110. The summed E-state index contributed by atoms with van der Waals surface area (Å²) in [4.78, 5) is 0. The molecule has 0 aromatic rings. The number of nitrogens with two attached hydrogens (primary N) is 1. The van der Waals surface area contributed by atoms with E-state index in [0.717, 1.165) is 0 Å².